The predicted molar refractivity (Wildman–Crippen MR) is 56.4 cm³/mol. The van der Waals surface area contributed by atoms with E-state index >= 15 is 0 Å². The van der Waals surface area contributed by atoms with Gasteiger partial charge in [-0.3, -0.25) is 0 Å². The van der Waals surface area contributed by atoms with Crippen molar-refractivity contribution in [2.75, 3.05) is 0 Å². The molecule has 1 aliphatic rings. The van der Waals surface area contributed by atoms with E-state index in [9.17, 15) is 0 Å². The van der Waals surface area contributed by atoms with Gasteiger partial charge in [0.2, 0.25) is 0 Å². The normalized spacial score (nSPS) is 18.7. The van der Waals surface area contributed by atoms with E-state index in [2.05, 4.69) is 14.8 Å². The Kier molecular flexibility index (Phi) is 3.06. The Morgan fingerprint density at radius 3 is 2.57 bits per heavy atom. The van der Waals surface area contributed by atoms with Crippen LogP contribution in [0, 0.1) is 0 Å². The maximum Gasteiger partial charge on any atom is 0.147 e. The SMILES string of the molecule is Cn1c(CCl)nnc1C1CCCCC1. The average Bonchev–Trinajstić information content (AvgIpc) is 2.61. The van der Waals surface area contributed by atoms with E-state index in [1.807, 2.05) is 7.05 Å². The van der Waals surface area contributed by atoms with Crippen LogP contribution in [-0.2, 0) is 12.9 Å². The standard InChI is InChI=1S/C10H16ClN3/c1-14-9(7-11)12-13-10(14)8-5-3-2-4-6-8/h8H,2-7H2,1H3. The van der Waals surface area contributed by atoms with Crippen LogP contribution in [0.4, 0.5) is 0 Å². The van der Waals surface area contributed by atoms with Crippen LogP contribution in [0.15, 0.2) is 0 Å². The lowest BCUT2D eigenvalue weighted by molar-refractivity contribution is 0.420. The summed E-state index contributed by atoms with van der Waals surface area (Å²) in [5.74, 6) is 3.07. The largest absolute Gasteiger partial charge is 0.317 e. The van der Waals surface area contributed by atoms with Crippen LogP contribution in [0.2, 0.25) is 0 Å². The van der Waals surface area contributed by atoms with Gasteiger partial charge < -0.3 is 4.57 Å². The summed E-state index contributed by atoms with van der Waals surface area (Å²) < 4.78 is 2.06. The minimum atomic E-state index is 0.455. The smallest absolute Gasteiger partial charge is 0.147 e. The van der Waals surface area contributed by atoms with E-state index in [-0.39, 0.29) is 0 Å². The van der Waals surface area contributed by atoms with Crippen molar-refractivity contribution in [2.24, 2.45) is 7.05 Å². The molecule has 0 atom stereocenters. The molecule has 0 unspecified atom stereocenters. The summed E-state index contributed by atoms with van der Waals surface area (Å²) in [6.45, 7) is 0. The molecular formula is C10H16ClN3. The predicted octanol–water partition coefficient (Wildman–Crippen LogP) is 2.60. The summed E-state index contributed by atoms with van der Waals surface area (Å²) in [4.78, 5) is 0. The molecule has 0 radical (unpaired) electrons. The molecule has 78 valence electrons. The van der Waals surface area contributed by atoms with Crippen molar-refractivity contribution in [3.63, 3.8) is 0 Å². The van der Waals surface area contributed by atoms with Crippen LogP contribution in [0.3, 0.4) is 0 Å². The summed E-state index contributed by atoms with van der Waals surface area (Å²) in [6, 6.07) is 0. The van der Waals surface area contributed by atoms with E-state index in [1.54, 1.807) is 0 Å². The van der Waals surface area contributed by atoms with Crippen LogP contribution in [0.1, 0.15) is 49.7 Å². The van der Waals surface area contributed by atoms with Crippen molar-refractivity contribution in [1.82, 2.24) is 14.8 Å². The van der Waals surface area contributed by atoms with E-state index in [4.69, 9.17) is 11.6 Å². The molecule has 0 amide bonds. The van der Waals surface area contributed by atoms with Crippen LogP contribution in [0.25, 0.3) is 0 Å². The first kappa shape index (κ1) is 9.97. The molecule has 0 N–H and O–H groups in total. The van der Waals surface area contributed by atoms with Crippen LogP contribution < -0.4 is 0 Å². The molecule has 0 spiro atoms. The number of nitrogens with zero attached hydrogens (tertiary/aromatic N) is 3. The minimum Gasteiger partial charge on any atom is -0.317 e. The molecule has 0 saturated heterocycles. The molecule has 14 heavy (non-hydrogen) atoms. The van der Waals surface area contributed by atoms with Crippen molar-refractivity contribution >= 4 is 11.6 Å². The molecule has 0 bridgehead atoms. The van der Waals surface area contributed by atoms with Gasteiger partial charge in [-0.2, -0.15) is 0 Å². The Morgan fingerprint density at radius 2 is 2.00 bits per heavy atom. The Morgan fingerprint density at radius 1 is 1.29 bits per heavy atom. The summed E-state index contributed by atoms with van der Waals surface area (Å²) in [7, 11) is 2.02. The van der Waals surface area contributed by atoms with Crippen molar-refractivity contribution in [3.8, 4) is 0 Å². The van der Waals surface area contributed by atoms with E-state index in [1.165, 1.54) is 32.1 Å². The molecule has 0 aromatic carbocycles. The third kappa shape index (κ3) is 1.78. The molecule has 2 rings (SSSR count). The zero-order valence-electron chi connectivity index (χ0n) is 8.54. The van der Waals surface area contributed by atoms with E-state index in [0.29, 0.717) is 11.8 Å². The first-order valence-corrected chi connectivity index (χ1v) is 5.80. The number of alkyl halides is 1. The second-order valence-electron chi connectivity index (χ2n) is 4.00. The second-order valence-corrected chi connectivity index (χ2v) is 4.27. The zero-order valence-corrected chi connectivity index (χ0v) is 9.30. The van der Waals surface area contributed by atoms with Gasteiger partial charge in [0, 0.05) is 13.0 Å². The fraction of sp³-hybridized carbons (Fsp3) is 0.800. The maximum atomic E-state index is 5.76. The Bertz CT molecular complexity index is 302. The second kappa shape index (κ2) is 4.30. The van der Waals surface area contributed by atoms with E-state index in [0.717, 1.165) is 11.6 Å². The lowest BCUT2D eigenvalue weighted by Crippen LogP contribution is -2.11. The van der Waals surface area contributed by atoms with E-state index < -0.39 is 0 Å². The van der Waals surface area contributed by atoms with Gasteiger partial charge >= 0.3 is 0 Å². The number of halogens is 1. The maximum absolute atomic E-state index is 5.76. The number of hydrogen-bond acceptors (Lipinski definition) is 2. The lowest BCUT2D eigenvalue weighted by atomic mass is 9.89. The molecule has 1 saturated carbocycles. The quantitative estimate of drug-likeness (QED) is 0.708. The van der Waals surface area contributed by atoms with Gasteiger partial charge in [-0.15, -0.1) is 21.8 Å². The van der Waals surface area contributed by atoms with Gasteiger partial charge in [0.05, 0.1) is 5.88 Å². The third-order valence-electron chi connectivity index (χ3n) is 3.09. The molecule has 1 aromatic heterocycles. The first-order valence-electron chi connectivity index (χ1n) is 5.27. The highest BCUT2D eigenvalue weighted by molar-refractivity contribution is 6.16. The average molecular weight is 214 g/mol. The third-order valence-corrected chi connectivity index (χ3v) is 3.33. The molecule has 0 aliphatic heterocycles. The highest BCUT2D eigenvalue weighted by Gasteiger charge is 2.21. The van der Waals surface area contributed by atoms with Crippen molar-refractivity contribution in [3.05, 3.63) is 11.6 Å². The highest BCUT2D eigenvalue weighted by Crippen LogP contribution is 2.31. The molecule has 1 heterocycles. The van der Waals surface area contributed by atoms with Crippen LogP contribution >= 0.6 is 11.6 Å². The fourth-order valence-electron chi connectivity index (χ4n) is 2.21. The van der Waals surface area contributed by atoms with Crippen LogP contribution in [0.5, 0.6) is 0 Å². The topological polar surface area (TPSA) is 30.7 Å². The molecule has 1 aromatic rings. The monoisotopic (exact) mass is 213 g/mol. The van der Waals surface area contributed by atoms with Crippen molar-refractivity contribution < 1.29 is 0 Å². The number of aromatic nitrogens is 3. The molecule has 4 heteroatoms. The van der Waals surface area contributed by atoms with Gasteiger partial charge in [-0.25, -0.2) is 0 Å². The van der Waals surface area contributed by atoms with Gasteiger partial charge in [-0.1, -0.05) is 19.3 Å². The summed E-state index contributed by atoms with van der Waals surface area (Å²) in [6.07, 6.45) is 6.54. The molecule has 1 aliphatic carbocycles. The summed E-state index contributed by atoms with van der Waals surface area (Å²) >= 11 is 5.76. The Balaban J connectivity index is 2.18. The van der Waals surface area contributed by atoms with Gasteiger partial charge in [0.25, 0.3) is 0 Å². The number of rotatable bonds is 2. The van der Waals surface area contributed by atoms with Gasteiger partial charge in [0.15, 0.2) is 0 Å². The van der Waals surface area contributed by atoms with Crippen LogP contribution in [-0.4, -0.2) is 14.8 Å². The number of hydrogen-bond donors (Lipinski definition) is 0. The van der Waals surface area contributed by atoms with Crippen molar-refractivity contribution in [2.45, 2.75) is 43.9 Å². The Labute approximate surface area is 89.5 Å². The Hall–Kier alpha value is -0.570. The minimum absolute atomic E-state index is 0.455. The zero-order chi connectivity index (χ0) is 9.97. The van der Waals surface area contributed by atoms with Crippen molar-refractivity contribution in [1.29, 1.82) is 0 Å². The first-order chi connectivity index (χ1) is 6.83. The molecular weight excluding hydrogens is 198 g/mol. The molecule has 1 fully saturated rings. The van der Waals surface area contributed by atoms with Gasteiger partial charge in [-0.05, 0) is 12.8 Å². The summed E-state index contributed by atoms with van der Waals surface area (Å²) in [5.41, 5.74) is 0. The highest BCUT2D eigenvalue weighted by atomic mass is 35.5. The molecule has 3 nitrogen and oxygen atoms in total. The lowest BCUT2D eigenvalue weighted by Gasteiger charge is -2.20. The van der Waals surface area contributed by atoms with Gasteiger partial charge in [0.1, 0.15) is 11.6 Å². The summed E-state index contributed by atoms with van der Waals surface area (Å²) in [5, 5.41) is 8.33. The fourth-order valence-corrected chi connectivity index (χ4v) is 2.44.